The van der Waals surface area contributed by atoms with Gasteiger partial charge in [-0.25, -0.2) is 4.79 Å². The van der Waals surface area contributed by atoms with Crippen LogP contribution in [0, 0.1) is 0 Å². The fourth-order valence-electron chi connectivity index (χ4n) is 1.78. The highest BCUT2D eigenvalue weighted by atomic mass is 16.5. The third kappa shape index (κ3) is 1.92. The van der Waals surface area contributed by atoms with Crippen LogP contribution < -0.4 is 9.64 Å². The predicted octanol–water partition coefficient (Wildman–Crippen LogP) is 1.91. The van der Waals surface area contributed by atoms with E-state index in [2.05, 4.69) is 9.89 Å². The van der Waals surface area contributed by atoms with Crippen LogP contribution in [0.4, 0.5) is 5.69 Å². The summed E-state index contributed by atoms with van der Waals surface area (Å²) in [6.45, 7) is 3.46. The highest BCUT2D eigenvalue weighted by molar-refractivity contribution is 5.61. The smallest absolute Gasteiger partial charge is 0.235 e. The van der Waals surface area contributed by atoms with Crippen LogP contribution in [-0.2, 0) is 4.79 Å². The molecular formula is C12H14N2O2. The van der Waals surface area contributed by atoms with E-state index in [1.165, 1.54) is 0 Å². The second-order valence-electron chi connectivity index (χ2n) is 3.89. The maximum absolute atomic E-state index is 10.2. The SMILES string of the molecule is CC(N=C=O)c1ccc2c(c1)N(C)CCO2. The largest absolute Gasteiger partial charge is 0.490 e. The molecule has 1 aliphatic heterocycles. The Bertz CT molecular complexity index is 439. The van der Waals surface area contributed by atoms with Crippen LogP contribution in [0.5, 0.6) is 5.75 Å². The van der Waals surface area contributed by atoms with E-state index in [1.807, 2.05) is 32.2 Å². The highest BCUT2D eigenvalue weighted by Gasteiger charge is 2.16. The van der Waals surface area contributed by atoms with E-state index in [9.17, 15) is 4.79 Å². The second kappa shape index (κ2) is 4.37. The lowest BCUT2D eigenvalue weighted by Gasteiger charge is -2.28. The molecule has 1 aliphatic rings. The molecule has 2 rings (SSSR count). The molecule has 0 amide bonds. The average Bonchev–Trinajstić information content (AvgIpc) is 2.29. The van der Waals surface area contributed by atoms with Crippen molar-refractivity contribution >= 4 is 11.8 Å². The molecule has 0 fully saturated rings. The number of hydrogen-bond acceptors (Lipinski definition) is 4. The summed E-state index contributed by atoms with van der Waals surface area (Å²) in [7, 11) is 2.03. The molecule has 0 aliphatic carbocycles. The van der Waals surface area contributed by atoms with Gasteiger partial charge in [0.15, 0.2) is 0 Å². The first-order chi connectivity index (χ1) is 7.72. The van der Waals surface area contributed by atoms with Crippen molar-refractivity contribution in [3.05, 3.63) is 23.8 Å². The molecule has 0 saturated carbocycles. The minimum absolute atomic E-state index is 0.155. The number of isocyanates is 1. The number of ether oxygens (including phenoxy) is 1. The van der Waals surface area contributed by atoms with Crippen molar-refractivity contribution in [2.24, 2.45) is 4.99 Å². The number of anilines is 1. The molecule has 0 saturated heterocycles. The Kier molecular flexibility index (Phi) is 2.93. The summed E-state index contributed by atoms with van der Waals surface area (Å²) in [6.07, 6.45) is 1.59. The summed E-state index contributed by atoms with van der Waals surface area (Å²) in [5.74, 6) is 0.889. The molecule has 1 unspecified atom stereocenters. The van der Waals surface area contributed by atoms with E-state index in [1.54, 1.807) is 6.08 Å². The van der Waals surface area contributed by atoms with E-state index in [0.29, 0.717) is 6.61 Å². The number of aliphatic imine (C=N–C) groups is 1. The van der Waals surface area contributed by atoms with Crippen LogP contribution in [-0.4, -0.2) is 26.3 Å². The van der Waals surface area contributed by atoms with E-state index < -0.39 is 0 Å². The van der Waals surface area contributed by atoms with Crippen LogP contribution in [0.1, 0.15) is 18.5 Å². The maximum atomic E-state index is 10.2. The Morgan fingerprint density at radius 3 is 3.12 bits per heavy atom. The topological polar surface area (TPSA) is 41.9 Å². The quantitative estimate of drug-likeness (QED) is 0.562. The van der Waals surface area contributed by atoms with E-state index in [-0.39, 0.29) is 6.04 Å². The van der Waals surface area contributed by atoms with Crippen molar-refractivity contribution in [2.45, 2.75) is 13.0 Å². The van der Waals surface area contributed by atoms with Gasteiger partial charge in [0.2, 0.25) is 6.08 Å². The molecule has 1 aromatic carbocycles. The molecule has 1 aromatic rings. The normalized spacial score (nSPS) is 15.8. The van der Waals surface area contributed by atoms with Gasteiger partial charge in [-0.1, -0.05) is 6.07 Å². The molecule has 1 heterocycles. The van der Waals surface area contributed by atoms with Gasteiger partial charge in [-0.05, 0) is 24.6 Å². The van der Waals surface area contributed by atoms with Crippen LogP contribution in [0.15, 0.2) is 23.2 Å². The minimum atomic E-state index is -0.155. The van der Waals surface area contributed by atoms with E-state index >= 15 is 0 Å². The zero-order valence-corrected chi connectivity index (χ0v) is 9.43. The third-order valence-electron chi connectivity index (χ3n) is 2.81. The molecule has 1 atom stereocenters. The monoisotopic (exact) mass is 218 g/mol. The second-order valence-corrected chi connectivity index (χ2v) is 3.89. The van der Waals surface area contributed by atoms with E-state index in [4.69, 9.17) is 4.74 Å². The van der Waals surface area contributed by atoms with E-state index in [0.717, 1.165) is 23.5 Å². The highest BCUT2D eigenvalue weighted by Crippen LogP contribution is 2.33. The molecule has 4 heteroatoms. The lowest BCUT2D eigenvalue weighted by Crippen LogP contribution is -2.28. The van der Waals surface area contributed by atoms with Crippen LogP contribution in [0.2, 0.25) is 0 Å². The lowest BCUT2D eigenvalue weighted by atomic mass is 10.1. The molecule has 84 valence electrons. The van der Waals surface area contributed by atoms with Crippen molar-refractivity contribution in [2.75, 3.05) is 25.1 Å². The molecule has 4 nitrogen and oxygen atoms in total. The maximum Gasteiger partial charge on any atom is 0.235 e. The first-order valence-electron chi connectivity index (χ1n) is 5.27. The van der Waals surface area contributed by atoms with Gasteiger partial charge < -0.3 is 9.64 Å². The summed E-state index contributed by atoms with van der Waals surface area (Å²) in [5, 5.41) is 0. The van der Waals surface area contributed by atoms with Gasteiger partial charge in [0.25, 0.3) is 0 Å². The Labute approximate surface area is 94.5 Å². The summed E-state index contributed by atoms with van der Waals surface area (Å²) in [5.41, 5.74) is 2.05. The van der Waals surface area contributed by atoms with Crippen LogP contribution in [0.25, 0.3) is 0 Å². The third-order valence-corrected chi connectivity index (χ3v) is 2.81. The minimum Gasteiger partial charge on any atom is -0.490 e. The Balaban J connectivity index is 2.37. The van der Waals surface area contributed by atoms with Gasteiger partial charge >= 0.3 is 0 Å². The summed E-state index contributed by atoms with van der Waals surface area (Å²) in [6, 6.07) is 5.72. The van der Waals surface area contributed by atoms with Gasteiger partial charge in [0.1, 0.15) is 12.4 Å². The van der Waals surface area contributed by atoms with Crippen molar-refractivity contribution < 1.29 is 9.53 Å². The standard InChI is InChI=1S/C12H14N2O2/c1-9(13-8-15)10-3-4-12-11(7-10)14(2)5-6-16-12/h3-4,7,9H,5-6H2,1-2H3. The van der Waals surface area contributed by atoms with Gasteiger partial charge in [-0.3, -0.25) is 0 Å². The zero-order chi connectivity index (χ0) is 11.5. The number of rotatable bonds is 2. The summed E-state index contributed by atoms with van der Waals surface area (Å²) in [4.78, 5) is 16.1. The van der Waals surface area contributed by atoms with Crippen LogP contribution >= 0.6 is 0 Å². The van der Waals surface area contributed by atoms with Crippen molar-refractivity contribution in [1.29, 1.82) is 0 Å². The predicted molar refractivity (Wildman–Crippen MR) is 61.7 cm³/mol. The first-order valence-corrected chi connectivity index (χ1v) is 5.27. The summed E-state index contributed by atoms with van der Waals surface area (Å²) >= 11 is 0. The molecule has 16 heavy (non-hydrogen) atoms. The number of benzene rings is 1. The molecule has 0 radical (unpaired) electrons. The number of carbonyl (C=O) groups excluding carboxylic acids is 1. The Morgan fingerprint density at radius 2 is 2.38 bits per heavy atom. The van der Waals surface area contributed by atoms with Crippen molar-refractivity contribution in [3.8, 4) is 5.75 Å². The van der Waals surface area contributed by atoms with Crippen LogP contribution in [0.3, 0.4) is 0 Å². The summed E-state index contributed by atoms with van der Waals surface area (Å²) < 4.78 is 5.54. The van der Waals surface area contributed by atoms with Gasteiger partial charge in [0, 0.05) is 7.05 Å². The zero-order valence-electron chi connectivity index (χ0n) is 9.43. The molecule has 0 bridgehead atoms. The van der Waals surface area contributed by atoms with Gasteiger partial charge in [0.05, 0.1) is 18.3 Å². The van der Waals surface area contributed by atoms with Crippen molar-refractivity contribution in [3.63, 3.8) is 0 Å². The molecule has 0 N–H and O–H groups in total. The first kappa shape index (κ1) is 10.7. The fraction of sp³-hybridized carbons (Fsp3) is 0.417. The number of nitrogens with zero attached hydrogens (tertiary/aromatic N) is 2. The molecular weight excluding hydrogens is 204 g/mol. The Hall–Kier alpha value is -1.80. The van der Waals surface area contributed by atoms with Gasteiger partial charge in [-0.15, -0.1) is 0 Å². The Morgan fingerprint density at radius 1 is 1.56 bits per heavy atom. The lowest BCUT2D eigenvalue weighted by molar-refractivity contribution is 0.311. The number of fused-ring (bicyclic) bond motifs is 1. The average molecular weight is 218 g/mol. The van der Waals surface area contributed by atoms with Gasteiger partial charge in [-0.2, -0.15) is 4.99 Å². The molecule has 0 aromatic heterocycles. The number of likely N-dealkylation sites (N-methyl/N-ethyl adjacent to an activating group) is 1. The molecule has 0 spiro atoms. The number of hydrogen-bond donors (Lipinski definition) is 0. The van der Waals surface area contributed by atoms with Crippen molar-refractivity contribution in [1.82, 2.24) is 0 Å². The fourth-order valence-corrected chi connectivity index (χ4v) is 1.78.